The number of anilines is 1. The lowest BCUT2D eigenvalue weighted by atomic mass is 10.1. The fourth-order valence-corrected chi connectivity index (χ4v) is 3.11. The maximum absolute atomic E-state index is 12.6. The average molecular weight is 405 g/mol. The van der Waals surface area contributed by atoms with Crippen molar-refractivity contribution in [3.05, 3.63) is 85.5 Å². The van der Waals surface area contributed by atoms with Crippen molar-refractivity contribution in [1.82, 2.24) is 9.78 Å². The summed E-state index contributed by atoms with van der Waals surface area (Å²) in [6.45, 7) is 1.89. The standard InChI is InChI=1S/C18H14Cl2N4O3/c1-11-3-2-4-14(17(11)24(26)27)18(25)22-16-7-8-21-23(16)10-12-5-6-13(19)9-15(12)20/h2-9H,10H2,1H3,(H,22,25). The third-order valence-electron chi connectivity index (χ3n) is 3.96. The molecular formula is C18H14Cl2N4O3. The molecule has 0 saturated heterocycles. The van der Waals surface area contributed by atoms with Crippen LogP contribution in [0.3, 0.4) is 0 Å². The lowest BCUT2D eigenvalue weighted by Crippen LogP contribution is -2.18. The predicted molar refractivity (Wildman–Crippen MR) is 104 cm³/mol. The summed E-state index contributed by atoms with van der Waals surface area (Å²) in [5.74, 6) is -0.198. The molecule has 0 aliphatic carbocycles. The van der Waals surface area contributed by atoms with Gasteiger partial charge in [-0.25, -0.2) is 4.68 Å². The summed E-state index contributed by atoms with van der Waals surface area (Å²) in [6.07, 6.45) is 1.52. The smallest absolute Gasteiger partial charge is 0.285 e. The first-order valence-electron chi connectivity index (χ1n) is 7.88. The summed E-state index contributed by atoms with van der Waals surface area (Å²) in [5.41, 5.74) is 0.940. The highest BCUT2D eigenvalue weighted by atomic mass is 35.5. The average Bonchev–Trinajstić information content (AvgIpc) is 3.03. The molecule has 1 N–H and O–H groups in total. The molecule has 0 saturated carbocycles. The van der Waals surface area contributed by atoms with Gasteiger partial charge in [0.05, 0.1) is 17.7 Å². The SMILES string of the molecule is Cc1cccc(C(=O)Nc2ccnn2Cc2ccc(Cl)cc2Cl)c1[N+](=O)[O-]. The van der Waals surface area contributed by atoms with Crippen molar-refractivity contribution in [3.63, 3.8) is 0 Å². The van der Waals surface area contributed by atoms with Crippen LogP contribution in [-0.2, 0) is 6.54 Å². The Balaban J connectivity index is 1.86. The zero-order valence-corrected chi connectivity index (χ0v) is 15.7. The molecule has 2 aromatic carbocycles. The zero-order valence-electron chi connectivity index (χ0n) is 14.1. The quantitative estimate of drug-likeness (QED) is 0.492. The van der Waals surface area contributed by atoms with Gasteiger partial charge < -0.3 is 5.32 Å². The summed E-state index contributed by atoms with van der Waals surface area (Å²) >= 11 is 12.1. The highest BCUT2D eigenvalue weighted by molar-refractivity contribution is 6.35. The molecule has 3 aromatic rings. The van der Waals surface area contributed by atoms with E-state index in [1.807, 2.05) is 0 Å². The van der Waals surface area contributed by atoms with E-state index in [1.54, 1.807) is 43.3 Å². The highest BCUT2D eigenvalue weighted by Crippen LogP contribution is 2.25. The summed E-state index contributed by atoms with van der Waals surface area (Å²) < 4.78 is 1.54. The van der Waals surface area contributed by atoms with Gasteiger partial charge in [-0.2, -0.15) is 5.10 Å². The van der Waals surface area contributed by atoms with Crippen LogP contribution in [0, 0.1) is 17.0 Å². The molecule has 0 radical (unpaired) electrons. The number of nitrogens with one attached hydrogen (secondary N) is 1. The maximum Gasteiger partial charge on any atom is 0.285 e. The fourth-order valence-electron chi connectivity index (χ4n) is 2.64. The third kappa shape index (κ3) is 4.10. The van der Waals surface area contributed by atoms with Crippen LogP contribution in [0.15, 0.2) is 48.7 Å². The van der Waals surface area contributed by atoms with Gasteiger partial charge in [0.15, 0.2) is 0 Å². The molecule has 3 rings (SSSR count). The van der Waals surface area contributed by atoms with Crippen molar-refractivity contribution in [2.75, 3.05) is 5.32 Å². The first kappa shape index (κ1) is 18.9. The third-order valence-corrected chi connectivity index (χ3v) is 4.55. The number of nitro groups is 1. The Morgan fingerprint density at radius 3 is 2.74 bits per heavy atom. The first-order valence-corrected chi connectivity index (χ1v) is 8.63. The van der Waals surface area contributed by atoms with Gasteiger partial charge in [0.1, 0.15) is 11.4 Å². The molecule has 0 spiro atoms. The maximum atomic E-state index is 12.6. The minimum Gasteiger partial charge on any atom is -0.307 e. The molecule has 9 heteroatoms. The van der Waals surface area contributed by atoms with Crippen LogP contribution >= 0.6 is 23.2 Å². The van der Waals surface area contributed by atoms with Crippen LogP contribution in [-0.4, -0.2) is 20.6 Å². The van der Waals surface area contributed by atoms with Crippen molar-refractivity contribution in [3.8, 4) is 0 Å². The van der Waals surface area contributed by atoms with Crippen molar-refractivity contribution >= 4 is 40.6 Å². The van der Waals surface area contributed by atoms with E-state index < -0.39 is 10.8 Å². The Morgan fingerprint density at radius 1 is 1.26 bits per heavy atom. The Hall–Kier alpha value is -2.90. The number of rotatable bonds is 5. The minimum atomic E-state index is -0.589. The molecule has 0 bridgehead atoms. The largest absolute Gasteiger partial charge is 0.307 e. The minimum absolute atomic E-state index is 0.0164. The van der Waals surface area contributed by atoms with Crippen LogP contribution in [0.2, 0.25) is 10.0 Å². The number of amides is 1. The van der Waals surface area contributed by atoms with Gasteiger partial charge in [0, 0.05) is 21.7 Å². The molecule has 7 nitrogen and oxygen atoms in total. The Bertz CT molecular complexity index is 1030. The summed E-state index contributed by atoms with van der Waals surface area (Å²) in [7, 11) is 0. The number of nitrogens with zero attached hydrogens (tertiary/aromatic N) is 3. The Labute approximate surface area is 164 Å². The van der Waals surface area contributed by atoms with Crippen molar-refractivity contribution in [2.45, 2.75) is 13.5 Å². The molecule has 0 aliphatic rings. The van der Waals surface area contributed by atoms with E-state index >= 15 is 0 Å². The fraction of sp³-hybridized carbons (Fsp3) is 0.111. The lowest BCUT2D eigenvalue weighted by molar-refractivity contribution is -0.385. The van der Waals surface area contributed by atoms with E-state index in [1.165, 1.54) is 16.9 Å². The monoisotopic (exact) mass is 404 g/mol. The molecular weight excluding hydrogens is 391 g/mol. The number of carbonyl (C=O) groups is 1. The number of hydrogen-bond acceptors (Lipinski definition) is 4. The first-order chi connectivity index (χ1) is 12.9. The number of para-hydroxylation sites is 1. The molecule has 27 heavy (non-hydrogen) atoms. The van der Waals surface area contributed by atoms with Crippen LogP contribution in [0.4, 0.5) is 11.5 Å². The van der Waals surface area contributed by atoms with E-state index in [2.05, 4.69) is 10.4 Å². The van der Waals surface area contributed by atoms with E-state index in [0.717, 1.165) is 5.56 Å². The molecule has 0 atom stereocenters. The molecule has 0 fully saturated rings. The zero-order chi connectivity index (χ0) is 19.6. The van der Waals surface area contributed by atoms with Gasteiger partial charge in [0.25, 0.3) is 11.6 Å². The summed E-state index contributed by atoms with van der Waals surface area (Å²) in [5, 5.41) is 19.1. The van der Waals surface area contributed by atoms with E-state index in [-0.39, 0.29) is 11.3 Å². The van der Waals surface area contributed by atoms with Crippen molar-refractivity contribution < 1.29 is 9.72 Å². The normalized spacial score (nSPS) is 10.6. The molecule has 1 heterocycles. The molecule has 0 aliphatic heterocycles. The molecule has 138 valence electrons. The Morgan fingerprint density at radius 2 is 2.04 bits per heavy atom. The number of benzene rings is 2. The second-order valence-electron chi connectivity index (χ2n) is 5.79. The second-order valence-corrected chi connectivity index (χ2v) is 6.64. The number of carbonyl (C=O) groups excluding carboxylic acids is 1. The number of aromatic nitrogens is 2. The number of nitro benzene ring substituents is 1. The Kier molecular flexibility index (Phi) is 5.43. The number of hydrogen-bond donors (Lipinski definition) is 1. The number of aryl methyl sites for hydroxylation is 1. The molecule has 0 unspecified atom stereocenters. The molecule has 1 aromatic heterocycles. The number of halogens is 2. The van der Waals surface area contributed by atoms with Gasteiger partial charge >= 0.3 is 0 Å². The second kappa shape index (κ2) is 7.77. The predicted octanol–water partition coefficient (Wildman–Crippen LogP) is 4.71. The van der Waals surface area contributed by atoms with E-state index in [9.17, 15) is 14.9 Å². The topological polar surface area (TPSA) is 90.1 Å². The lowest BCUT2D eigenvalue weighted by Gasteiger charge is -2.11. The van der Waals surface area contributed by atoms with Crippen LogP contribution in [0.25, 0.3) is 0 Å². The summed E-state index contributed by atoms with van der Waals surface area (Å²) in [4.78, 5) is 23.4. The van der Waals surface area contributed by atoms with Gasteiger partial charge in [-0.05, 0) is 30.7 Å². The van der Waals surface area contributed by atoms with Crippen LogP contribution in [0.5, 0.6) is 0 Å². The van der Waals surface area contributed by atoms with E-state index in [4.69, 9.17) is 23.2 Å². The molecule has 1 amide bonds. The van der Waals surface area contributed by atoms with E-state index in [0.29, 0.717) is 28.0 Å². The van der Waals surface area contributed by atoms with Gasteiger partial charge in [-0.3, -0.25) is 14.9 Å². The highest BCUT2D eigenvalue weighted by Gasteiger charge is 2.23. The van der Waals surface area contributed by atoms with Crippen LogP contribution in [0.1, 0.15) is 21.5 Å². The van der Waals surface area contributed by atoms with Crippen molar-refractivity contribution in [2.24, 2.45) is 0 Å². The van der Waals surface area contributed by atoms with Crippen LogP contribution < -0.4 is 5.32 Å². The van der Waals surface area contributed by atoms with Gasteiger partial charge in [0.2, 0.25) is 0 Å². The summed E-state index contributed by atoms with van der Waals surface area (Å²) in [6, 6.07) is 11.3. The van der Waals surface area contributed by atoms with Crippen molar-refractivity contribution in [1.29, 1.82) is 0 Å². The van der Waals surface area contributed by atoms with Gasteiger partial charge in [-0.15, -0.1) is 0 Å². The van der Waals surface area contributed by atoms with Gasteiger partial charge in [-0.1, -0.05) is 41.4 Å².